The van der Waals surface area contributed by atoms with Crippen LogP contribution >= 0.6 is 11.6 Å². The largest absolute Gasteiger partial charge is 0.493 e. The number of hydrogen-bond donors (Lipinski definition) is 0. The molecule has 3 heteroatoms. The summed E-state index contributed by atoms with van der Waals surface area (Å²) >= 11 is 5.67. The average Bonchev–Trinajstić information content (AvgIpc) is 2.28. The van der Waals surface area contributed by atoms with E-state index in [-0.39, 0.29) is 17.1 Å². The zero-order valence-electron chi connectivity index (χ0n) is 11.8. The van der Waals surface area contributed by atoms with Gasteiger partial charge in [-0.05, 0) is 30.9 Å². The van der Waals surface area contributed by atoms with Gasteiger partial charge in [-0.15, -0.1) is 11.6 Å². The Labute approximate surface area is 114 Å². The minimum absolute atomic E-state index is 0.0207. The number of alkyl halides is 1. The van der Waals surface area contributed by atoms with Crippen molar-refractivity contribution in [1.29, 1.82) is 0 Å². The van der Waals surface area contributed by atoms with Crippen LogP contribution in [0.2, 0.25) is 0 Å². The Kier molecular flexibility index (Phi) is 4.80. The number of ketones is 1. The highest BCUT2D eigenvalue weighted by atomic mass is 35.5. The molecule has 0 aliphatic rings. The van der Waals surface area contributed by atoms with Gasteiger partial charge in [0.2, 0.25) is 0 Å². The van der Waals surface area contributed by atoms with E-state index in [1.807, 2.05) is 19.9 Å². The molecule has 2 nitrogen and oxygen atoms in total. The molecule has 0 aliphatic heterocycles. The summed E-state index contributed by atoms with van der Waals surface area (Å²) in [7, 11) is 0. The summed E-state index contributed by atoms with van der Waals surface area (Å²) in [5, 5.41) is 0. The number of ether oxygens (including phenoxy) is 1. The fourth-order valence-corrected chi connectivity index (χ4v) is 2.05. The molecular formula is C15H21ClO2. The molecule has 1 aromatic carbocycles. The van der Waals surface area contributed by atoms with E-state index in [1.165, 1.54) is 0 Å². The minimum Gasteiger partial charge on any atom is -0.493 e. The third-order valence-electron chi connectivity index (χ3n) is 2.75. The van der Waals surface area contributed by atoms with Crippen LogP contribution in [0.15, 0.2) is 12.1 Å². The molecule has 0 saturated carbocycles. The molecule has 18 heavy (non-hydrogen) atoms. The number of benzene rings is 1. The first-order valence-corrected chi connectivity index (χ1v) is 6.71. The van der Waals surface area contributed by atoms with Crippen molar-refractivity contribution >= 4 is 17.4 Å². The van der Waals surface area contributed by atoms with Crippen LogP contribution in [0.3, 0.4) is 0 Å². The average molecular weight is 269 g/mol. The third kappa shape index (κ3) is 3.26. The van der Waals surface area contributed by atoms with Gasteiger partial charge in [0, 0.05) is 5.56 Å². The van der Waals surface area contributed by atoms with Gasteiger partial charge in [0.1, 0.15) is 5.75 Å². The van der Waals surface area contributed by atoms with Crippen molar-refractivity contribution in [3.05, 3.63) is 28.8 Å². The molecule has 0 bridgehead atoms. The quantitative estimate of drug-likeness (QED) is 0.607. The van der Waals surface area contributed by atoms with E-state index in [1.54, 1.807) is 0 Å². The van der Waals surface area contributed by atoms with Crippen LogP contribution in [0.1, 0.15) is 49.2 Å². The van der Waals surface area contributed by atoms with Crippen LogP contribution in [-0.2, 0) is 5.41 Å². The number of hydrogen-bond acceptors (Lipinski definition) is 2. The Morgan fingerprint density at radius 2 is 1.94 bits per heavy atom. The number of carbonyl (C=O) groups is 1. The zero-order chi connectivity index (χ0) is 13.9. The molecule has 100 valence electrons. The first-order chi connectivity index (χ1) is 8.31. The normalized spacial score (nSPS) is 11.4. The molecule has 0 aromatic heterocycles. The van der Waals surface area contributed by atoms with Crippen LogP contribution in [0.4, 0.5) is 0 Å². The molecule has 0 heterocycles. The molecule has 0 N–H and O–H groups in total. The van der Waals surface area contributed by atoms with Gasteiger partial charge in [-0.2, -0.15) is 0 Å². The summed E-state index contributed by atoms with van der Waals surface area (Å²) in [6, 6.07) is 3.93. The van der Waals surface area contributed by atoms with Crippen LogP contribution in [0, 0.1) is 6.92 Å². The van der Waals surface area contributed by atoms with Crippen LogP contribution < -0.4 is 4.74 Å². The summed E-state index contributed by atoms with van der Waals surface area (Å²) in [6.07, 6.45) is 0. The van der Waals surface area contributed by atoms with E-state index in [0.29, 0.717) is 17.9 Å². The van der Waals surface area contributed by atoms with Gasteiger partial charge in [0.05, 0.1) is 18.1 Å². The third-order valence-corrected chi connectivity index (χ3v) is 2.99. The highest BCUT2D eigenvalue weighted by Crippen LogP contribution is 2.35. The van der Waals surface area contributed by atoms with Gasteiger partial charge in [-0.25, -0.2) is 0 Å². The summed E-state index contributed by atoms with van der Waals surface area (Å²) in [4.78, 5) is 11.9. The lowest BCUT2D eigenvalue weighted by Gasteiger charge is -2.25. The second-order valence-corrected chi connectivity index (χ2v) is 5.70. The van der Waals surface area contributed by atoms with Gasteiger partial charge in [0.25, 0.3) is 0 Å². The number of carbonyl (C=O) groups excluding carboxylic acids is 1. The van der Waals surface area contributed by atoms with Gasteiger partial charge in [-0.3, -0.25) is 4.79 Å². The van der Waals surface area contributed by atoms with Crippen molar-refractivity contribution in [2.24, 2.45) is 0 Å². The van der Waals surface area contributed by atoms with Crippen LogP contribution in [0.25, 0.3) is 0 Å². The molecule has 0 unspecified atom stereocenters. The van der Waals surface area contributed by atoms with Crippen molar-refractivity contribution in [3.8, 4) is 5.75 Å². The Morgan fingerprint density at radius 3 is 2.39 bits per heavy atom. The lowest BCUT2D eigenvalue weighted by molar-refractivity contribution is 0.101. The number of aryl methyl sites for hydroxylation is 1. The summed E-state index contributed by atoms with van der Waals surface area (Å²) < 4.78 is 5.69. The summed E-state index contributed by atoms with van der Waals surface area (Å²) in [5.74, 6) is 0.572. The molecular weight excluding hydrogens is 248 g/mol. The lowest BCUT2D eigenvalue weighted by atomic mass is 9.83. The Hall–Kier alpha value is -1.02. The van der Waals surface area contributed by atoms with E-state index in [2.05, 4.69) is 26.8 Å². The maximum absolute atomic E-state index is 11.9. The van der Waals surface area contributed by atoms with Crippen molar-refractivity contribution in [2.45, 2.75) is 40.0 Å². The van der Waals surface area contributed by atoms with Crippen LogP contribution in [0.5, 0.6) is 5.75 Å². The predicted octanol–water partition coefficient (Wildman–Crippen LogP) is 4.11. The minimum atomic E-state index is -0.0886. The maximum atomic E-state index is 11.9. The van der Waals surface area contributed by atoms with Gasteiger partial charge in [0.15, 0.2) is 5.78 Å². The summed E-state index contributed by atoms with van der Waals surface area (Å²) in [6.45, 7) is 10.8. The molecule has 0 amide bonds. The molecule has 0 fully saturated rings. The van der Waals surface area contributed by atoms with E-state index in [0.717, 1.165) is 11.1 Å². The fraction of sp³-hybridized carbons (Fsp3) is 0.533. The molecule has 1 aromatic rings. The van der Waals surface area contributed by atoms with E-state index in [4.69, 9.17) is 16.3 Å². The lowest BCUT2D eigenvalue weighted by Crippen LogP contribution is -2.17. The molecule has 0 radical (unpaired) electrons. The van der Waals surface area contributed by atoms with Crippen LogP contribution in [-0.4, -0.2) is 18.3 Å². The van der Waals surface area contributed by atoms with E-state index >= 15 is 0 Å². The smallest absolute Gasteiger partial charge is 0.181 e. The number of rotatable bonds is 4. The van der Waals surface area contributed by atoms with E-state index in [9.17, 15) is 4.79 Å². The first-order valence-electron chi connectivity index (χ1n) is 6.18. The monoisotopic (exact) mass is 268 g/mol. The van der Waals surface area contributed by atoms with Gasteiger partial charge >= 0.3 is 0 Å². The maximum Gasteiger partial charge on any atom is 0.181 e. The van der Waals surface area contributed by atoms with Crippen molar-refractivity contribution < 1.29 is 9.53 Å². The second-order valence-electron chi connectivity index (χ2n) is 5.43. The molecule has 1 rings (SSSR count). The van der Waals surface area contributed by atoms with Gasteiger partial charge in [-0.1, -0.05) is 26.8 Å². The topological polar surface area (TPSA) is 26.3 Å². The predicted molar refractivity (Wildman–Crippen MR) is 76.1 cm³/mol. The standard InChI is InChI=1S/C15H21ClO2/c1-6-18-14-11(13(17)9-16)7-10(2)8-12(14)15(3,4)5/h7-8H,6,9H2,1-5H3. The zero-order valence-corrected chi connectivity index (χ0v) is 12.5. The highest BCUT2D eigenvalue weighted by molar-refractivity contribution is 6.30. The van der Waals surface area contributed by atoms with Crippen molar-refractivity contribution in [2.75, 3.05) is 12.5 Å². The fourth-order valence-electron chi connectivity index (χ4n) is 1.91. The first kappa shape index (κ1) is 15.0. The van der Waals surface area contributed by atoms with Crippen molar-refractivity contribution in [3.63, 3.8) is 0 Å². The highest BCUT2D eigenvalue weighted by Gasteiger charge is 2.24. The van der Waals surface area contributed by atoms with E-state index < -0.39 is 0 Å². The molecule has 0 spiro atoms. The second kappa shape index (κ2) is 5.75. The summed E-state index contributed by atoms with van der Waals surface area (Å²) in [5.41, 5.74) is 2.63. The van der Waals surface area contributed by atoms with Gasteiger partial charge < -0.3 is 4.74 Å². The van der Waals surface area contributed by atoms with Crippen molar-refractivity contribution in [1.82, 2.24) is 0 Å². The Balaban J connectivity index is 3.50. The Bertz CT molecular complexity index is 445. The number of Topliss-reactive ketones (excluding diaryl/α,β-unsaturated/α-hetero) is 1. The molecule has 0 aliphatic carbocycles. The molecule has 0 atom stereocenters. The SMILES string of the molecule is CCOc1c(C(=O)CCl)cc(C)cc1C(C)(C)C. The Morgan fingerprint density at radius 1 is 1.33 bits per heavy atom. The molecule has 0 saturated heterocycles. The number of halogens is 1.